The number of nitrogens with two attached hydrogens (primary N) is 1. The second-order valence-corrected chi connectivity index (χ2v) is 6.18. The van der Waals surface area contributed by atoms with E-state index in [9.17, 15) is 0 Å². The molecule has 2 heterocycles. The number of benzene rings is 1. The molecular weight excluding hydrogens is 330 g/mol. The van der Waals surface area contributed by atoms with Crippen molar-refractivity contribution in [2.45, 2.75) is 12.8 Å². The zero-order chi connectivity index (χ0) is 16.6. The zero-order valence-electron chi connectivity index (χ0n) is 12.8. The van der Waals surface area contributed by atoms with Gasteiger partial charge in [0.15, 0.2) is 0 Å². The number of rotatable bonds is 4. The third kappa shape index (κ3) is 2.90. The zero-order valence-corrected chi connectivity index (χ0v) is 14.4. The molecule has 1 unspecified atom stereocenters. The Hall–Kier alpha value is -2.11. The Balaban J connectivity index is 2.25. The molecule has 0 bridgehead atoms. The Morgan fingerprint density at radius 2 is 1.96 bits per heavy atom. The predicted molar refractivity (Wildman–Crippen MR) is 97.4 cm³/mol. The lowest BCUT2D eigenvalue weighted by Crippen LogP contribution is -2.18. The van der Waals surface area contributed by atoms with Crippen LogP contribution in [0.15, 0.2) is 42.6 Å². The minimum atomic E-state index is -0.129. The monoisotopic (exact) mass is 345 g/mol. The second-order valence-electron chi connectivity index (χ2n) is 5.27. The van der Waals surface area contributed by atoms with Crippen molar-refractivity contribution in [3.63, 3.8) is 0 Å². The van der Waals surface area contributed by atoms with Crippen molar-refractivity contribution in [1.29, 1.82) is 0 Å². The van der Waals surface area contributed by atoms with Gasteiger partial charge in [-0.15, -0.1) is 0 Å². The third-order valence-electron chi connectivity index (χ3n) is 3.82. The van der Waals surface area contributed by atoms with E-state index in [2.05, 4.69) is 0 Å². The summed E-state index contributed by atoms with van der Waals surface area (Å²) in [6.45, 7) is 1.97. The molecule has 3 rings (SSSR count). The van der Waals surface area contributed by atoms with Gasteiger partial charge in [-0.05, 0) is 36.4 Å². The number of nitrogens with zero attached hydrogens (tertiary/aromatic N) is 2. The van der Waals surface area contributed by atoms with E-state index in [1.807, 2.05) is 53.9 Å². The number of hydrogen-bond acceptors (Lipinski definition) is 3. The fourth-order valence-electron chi connectivity index (χ4n) is 2.55. The number of methoxy groups -OCH3 is 1. The lowest BCUT2D eigenvalue weighted by molar-refractivity contribution is 0.415. The molecule has 0 fully saturated rings. The van der Waals surface area contributed by atoms with E-state index >= 15 is 0 Å². The maximum Gasteiger partial charge on any atom is 0.137 e. The molecule has 0 radical (unpaired) electrons. The van der Waals surface area contributed by atoms with E-state index in [4.69, 9.17) is 39.3 Å². The molecule has 1 aromatic carbocycles. The summed E-state index contributed by atoms with van der Waals surface area (Å²) in [4.78, 5) is 5.15. The number of hydrogen-bond donors (Lipinski definition) is 1. The number of aromatic nitrogens is 2. The highest BCUT2D eigenvalue weighted by Gasteiger charge is 2.21. The van der Waals surface area contributed by atoms with E-state index in [-0.39, 0.29) is 5.92 Å². The van der Waals surface area contributed by atoms with Crippen molar-refractivity contribution in [2.75, 3.05) is 7.11 Å². The number of ether oxygens (including phenoxy) is 1. The lowest BCUT2D eigenvalue weighted by atomic mass is 10.0. The van der Waals surface area contributed by atoms with E-state index in [0.717, 1.165) is 28.3 Å². The number of thiocarbonyl (C=S) groups is 1. The van der Waals surface area contributed by atoms with Gasteiger partial charge in [-0.25, -0.2) is 4.98 Å². The topological polar surface area (TPSA) is 52.5 Å². The molecule has 0 aliphatic rings. The van der Waals surface area contributed by atoms with Crippen LogP contribution in [0.5, 0.6) is 5.75 Å². The fourth-order valence-corrected chi connectivity index (χ4v) is 2.82. The fraction of sp³-hybridized carbons (Fsp3) is 0.176. The first kappa shape index (κ1) is 15.8. The molecule has 6 heteroatoms. The third-order valence-corrected chi connectivity index (χ3v) is 4.40. The van der Waals surface area contributed by atoms with Gasteiger partial charge in [0.1, 0.15) is 11.4 Å². The molecule has 2 N–H and O–H groups in total. The van der Waals surface area contributed by atoms with Crippen LogP contribution in [0, 0.1) is 0 Å². The molecule has 0 spiro atoms. The van der Waals surface area contributed by atoms with Gasteiger partial charge >= 0.3 is 0 Å². The molecule has 0 saturated carbocycles. The van der Waals surface area contributed by atoms with E-state index in [1.54, 1.807) is 7.11 Å². The first-order chi connectivity index (χ1) is 11.0. The molecule has 23 heavy (non-hydrogen) atoms. The van der Waals surface area contributed by atoms with Crippen LogP contribution in [0.1, 0.15) is 18.5 Å². The number of pyridine rings is 1. The van der Waals surface area contributed by atoms with Crippen molar-refractivity contribution in [3.05, 3.63) is 53.3 Å². The van der Waals surface area contributed by atoms with Gasteiger partial charge in [0.05, 0.1) is 28.5 Å². The van der Waals surface area contributed by atoms with E-state index in [1.165, 1.54) is 0 Å². The normalized spacial score (nSPS) is 12.3. The molecule has 4 nitrogen and oxygen atoms in total. The predicted octanol–water partition coefficient (Wildman–Crippen LogP) is 4.05. The minimum absolute atomic E-state index is 0.129. The molecular formula is C17H16ClN3OS. The quantitative estimate of drug-likeness (QED) is 0.725. The number of imidazole rings is 1. The summed E-state index contributed by atoms with van der Waals surface area (Å²) < 4.78 is 7.16. The second kappa shape index (κ2) is 6.18. The summed E-state index contributed by atoms with van der Waals surface area (Å²) in [5.41, 5.74) is 9.44. The number of fused-ring (bicyclic) bond motifs is 1. The van der Waals surface area contributed by atoms with Crippen LogP contribution in [0.25, 0.3) is 16.9 Å². The SMILES string of the molecule is COc1ccc(-c2nc3ccc(Cl)cn3c2C(C)C(N)=S)cc1. The molecule has 0 aliphatic heterocycles. The summed E-state index contributed by atoms with van der Waals surface area (Å²) in [6, 6.07) is 11.4. The largest absolute Gasteiger partial charge is 0.497 e. The number of halogens is 1. The summed E-state index contributed by atoms with van der Waals surface area (Å²) in [7, 11) is 1.64. The van der Waals surface area contributed by atoms with Gasteiger partial charge < -0.3 is 14.9 Å². The van der Waals surface area contributed by atoms with Crippen LogP contribution in [0.4, 0.5) is 0 Å². The maximum atomic E-state index is 6.14. The van der Waals surface area contributed by atoms with Crippen molar-refractivity contribution >= 4 is 34.5 Å². The van der Waals surface area contributed by atoms with Gasteiger partial charge in [-0.3, -0.25) is 0 Å². The van der Waals surface area contributed by atoms with Crippen molar-refractivity contribution in [3.8, 4) is 17.0 Å². The highest BCUT2D eigenvalue weighted by atomic mass is 35.5. The lowest BCUT2D eigenvalue weighted by Gasteiger charge is -2.12. The standard InChI is InChI=1S/C17H16ClN3OS/c1-10(17(19)23)16-15(11-3-6-13(22-2)7-4-11)20-14-8-5-12(18)9-21(14)16/h3-10H,1-2H3,(H2,19,23). The maximum absolute atomic E-state index is 6.14. The summed E-state index contributed by atoms with van der Waals surface area (Å²) in [5, 5.41) is 0.632. The van der Waals surface area contributed by atoms with Crippen LogP contribution in [0.3, 0.4) is 0 Å². The average molecular weight is 346 g/mol. The first-order valence-electron chi connectivity index (χ1n) is 7.12. The Labute approximate surface area is 144 Å². The van der Waals surface area contributed by atoms with Crippen molar-refractivity contribution in [1.82, 2.24) is 9.38 Å². The highest BCUT2D eigenvalue weighted by molar-refractivity contribution is 7.80. The molecule has 0 saturated heterocycles. The van der Waals surface area contributed by atoms with Crippen LogP contribution in [0.2, 0.25) is 5.02 Å². The Bertz CT molecular complexity index is 873. The molecule has 0 amide bonds. The smallest absolute Gasteiger partial charge is 0.137 e. The molecule has 3 aromatic rings. The minimum Gasteiger partial charge on any atom is -0.497 e. The van der Waals surface area contributed by atoms with Crippen molar-refractivity contribution in [2.24, 2.45) is 5.73 Å². The van der Waals surface area contributed by atoms with E-state index in [0.29, 0.717) is 10.0 Å². The molecule has 118 valence electrons. The van der Waals surface area contributed by atoms with Crippen molar-refractivity contribution < 1.29 is 4.74 Å². The Morgan fingerprint density at radius 1 is 1.26 bits per heavy atom. The van der Waals surface area contributed by atoms with Gasteiger partial charge in [-0.1, -0.05) is 30.7 Å². The van der Waals surface area contributed by atoms with Crippen LogP contribution >= 0.6 is 23.8 Å². The average Bonchev–Trinajstić information content (AvgIpc) is 2.92. The summed E-state index contributed by atoms with van der Waals surface area (Å²) in [6.07, 6.45) is 1.83. The molecule has 2 aromatic heterocycles. The Kier molecular flexibility index (Phi) is 4.24. The van der Waals surface area contributed by atoms with E-state index < -0.39 is 0 Å². The van der Waals surface area contributed by atoms with Gasteiger partial charge in [0.2, 0.25) is 0 Å². The Morgan fingerprint density at radius 3 is 2.57 bits per heavy atom. The highest BCUT2D eigenvalue weighted by Crippen LogP contribution is 2.32. The van der Waals surface area contributed by atoms with Crippen LogP contribution < -0.4 is 10.5 Å². The molecule has 1 atom stereocenters. The molecule has 0 aliphatic carbocycles. The summed E-state index contributed by atoms with van der Waals surface area (Å²) >= 11 is 11.3. The van der Waals surface area contributed by atoms with Gasteiger partial charge in [0.25, 0.3) is 0 Å². The first-order valence-corrected chi connectivity index (χ1v) is 7.91. The van der Waals surface area contributed by atoms with Gasteiger partial charge in [0, 0.05) is 17.7 Å². The summed E-state index contributed by atoms with van der Waals surface area (Å²) in [5.74, 6) is 0.667. The van der Waals surface area contributed by atoms with Crippen LogP contribution in [-0.4, -0.2) is 21.5 Å². The van der Waals surface area contributed by atoms with Crippen LogP contribution in [-0.2, 0) is 0 Å². The van der Waals surface area contributed by atoms with Gasteiger partial charge in [-0.2, -0.15) is 0 Å².